The van der Waals surface area contributed by atoms with Gasteiger partial charge in [0.25, 0.3) is 0 Å². The lowest BCUT2D eigenvalue weighted by Gasteiger charge is -2.32. The van der Waals surface area contributed by atoms with Gasteiger partial charge < -0.3 is 15.5 Å². The molecule has 0 saturated carbocycles. The smallest absolute Gasteiger partial charge is 0.150 e. The van der Waals surface area contributed by atoms with E-state index >= 15 is 0 Å². The predicted molar refractivity (Wildman–Crippen MR) is 80.1 cm³/mol. The Labute approximate surface area is 118 Å². The highest BCUT2D eigenvalue weighted by atomic mass is 32.2. The predicted octanol–water partition coefficient (Wildman–Crippen LogP) is 0.165. The van der Waals surface area contributed by atoms with Gasteiger partial charge in [-0.3, -0.25) is 0 Å². The third-order valence-electron chi connectivity index (χ3n) is 4.04. The molecular weight excluding hydrogens is 262 g/mol. The van der Waals surface area contributed by atoms with Crippen molar-refractivity contribution in [3.8, 4) is 0 Å². The van der Waals surface area contributed by atoms with Crippen LogP contribution < -0.4 is 5.73 Å². The van der Waals surface area contributed by atoms with Crippen LogP contribution in [-0.4, -0.2) is 75.5 Å². The first-order valence-corrected chi connectivity index (χ1v) is 9.02. The summed E-state index contributed by atoms with van der Waals surface area (Å²) in [5.41, 5.74) is 6.28. The minimum Gasteiger partial charge on any atom is -0.326 e. The summed E-state index contributed by atoms with van der Waals surface area (Å²) in [4.78, 5) is 4.64. The fourth-order valence-electron chi connectivity index (χ4n) is 2.64. The number of nitrogens with zero attached hydrogens (tertiary/aromatic N) is 2. The molecule has 1 aliphatic rings. The molecular formula is C13H29N3O2S. The highest BCUT2D eigenvalue weighted by molar-refractivity contribution is 7.91. The summed E-state index contributed by atoms with van der Waals surface area (Å²) in [7, 11) is 1.39. The van der Waals surface area contributed by atoms with Crippen LogP contribution in [0.15, 0.2) is 0 Å². The summed E-state index contributed by atoms with van der Waals surface area (Å²) in [6.07, 6.45) is 2.62. The van der Waals surface area contributed by atoms with Crippen molar-refractivity contribution in [3.63, 3.8) is 0 Å². The van der Waals surface area contributed by atoms with Crippen molar-refractivity contribution in [2.75, 3.05) is 45.2 Å². The lowest BCUT2D eigenvalue weighted by Crippen LogP contribution is -2.50. The first-order chi connectivity index (χ1) is 8.85. The summed E-state index contributed by atoms with van der Waals surface area (Å²) in [6, 6.07) is 0.384. The topological polar surface area (TPSA) is 66.6 Å². The molecule has 0 aromatic carbocycles. The largest absolute Gasteiger partial charge is 0.326 e. The van der Waals surface area contributed by atoms with Crippen LogP contribution in [0.2, 0.25) is 0 Å². The van der Waals surface area contributed by atoms with Gasteiger partial charge in [0, 0.05) is 24.4 Å². The Kier molecular flexibility index (Phi) is 6.73. The lowest BCUT2D eigenvalue weighted by molar-refractivity contribution is 0.191. The van der Waals surface area contributed by atoms with Crippen LogP contribution in [0.5, 0.6) is 0 Å². The molecule has 1 fully saturated rings. The molecule has 1 heterocycles. The first kappa shape index (κ1) is 16.9. The van der Waals surface area contributed by atoms with Crippen molar-refractivity contribution >= 4 is 9.84 Å². The zero-order valence-electron chi connectivity index (χ0n) is 12.5. The third kappa shape index (κ3) is 5.77. The van der Waals surface area contributed by atoms with Gasteiger partial charge in [0.05, 0.1) is 5.75 Å². The molecule has 5 nitrogen and oxygen atoms in total. The van der Waals surface area contributed by atoms with Crippen LogP contribution in [-0.2, 0) is 9.84 Å². The van der Waals surface area contributed by atoms with E-state index in [-0.39, 0.29) is 17.5 Å². The van der Waals surface area contributed by atoms with E-state index in [4.69, 9.17) is 5.73 Å². The Balaban J connectivity index is 2.44. The highest BCUT2D eigenvalue weighted by Gasteiger charge is 2.26. The number of likely N-dealkylation sites (N-methyl/N-ethyl adjacent to an activating group) is 2. The average molecular weight is 291 g/mol. The van der Waals surface area contributed by atoms with Gasteiger partial charge in [0.15, 0.2) is 0 Å². The Morgan fingerprint density at radius 2 is 2.00 bits per heavy atom. The van der Waals surface area contributed by atoms with E-state index in [1.54, 1.807) is 6.92 Å². The molecule has 0 aromatic rings. The molecule has 1 saturated heterocycles. The Morgan fingerprint density at radius 3 is 2.63 bits per heavy atom. The minimum absolute atomic E-state index is 0.0533. The van der Waals surface area contributed by atoms with Crippen LogP contribution in [0.3, 0.4) is 0 Å². The van der Waals surface area contributed by atoms with Crippen LogP contribution in [0.4, 0.5) is 0 Å². The van der Waals surface area contributed by atoms with E-state index in [1.165, 1.54) is 6.42 Å². The third-order valence-corrected chi connectivity index (χ3v) is 5.83. The Bertz CT molecular complexity index is 359. The molecule has 6 heteroatoms. The van der Waals surface area contributed by atoms with E-state index < -0.39 is 9.84 Å². The maximum atomic E-state index is 11.5. The maximum absolute atomic E-state index is 11.5. The summed E-state index contributed by atoms with van der Waals surface area (Å²) in [6.45, 7) is 4.84. The number of sulfone groups is 1. The molecule has 0 bridgehead atoms. The molecule has 1 aliphatic heterocycles. The van der Waals surface area contributed by atoms with Gasteiger partial charge in [-0.2, -0.15) is 0 Å². The van der Waals surface area contributed by atoms with Crippen molar-refractivity contribution in [1.82, 2.24) is 9.80 Å². The maximum Gasteiger partial charge on any atom is 0.150 e. The Hall–Kier alpha value is -0.170. The van der Waals surface area contributed by atoms with Crippen LogP contribution >= 0.6 is 0 Å². The van der Waals surface area contributed by atoms with Crippen molar-refractivity contribution in [2.45, 2.75) is 38.3 Å². The molecule has 114 valence electrons. The normalized spacial score (nSPS) is 25.2. The van der Waals surface area contributed by atoms with Gasteiger partial charge in [-0.05, 0) is 46.4 Å². The first-order valence-electron chi connectivity index (χ1n) is 7.20. The van der Waals surface area contributed by atoms with E-state index in [1.807, 2.05) is 0 Å². The molecule has 2 N–H and O–H groups in total. The molecule has 0 aromatic heterocycles. The summed E-state index contributed by atoms with van der Waals surface area (Å²) in [5.74, 6) is 0.498. The van der Waals surface area contributed by atoms with Crippen molar-refractivity contribution in [3.05, 3.63) is 0 Å². The minimum atomic E-state index is -2.86. The standard InChI is InChI=1S/C13H29N3O2S/c1-4-19(17,18)10-5-7-12(14)13-11-15(2)8-6-9-16(13)3/h12-13H,4-11,14H2,1-3H3. The van der Waals surface area contributed by atoms with Gasteiger partial charge in [0.1, 0.15) is 9.84 Å². The van der Waals surface area contributed by atoms with E-state index in [9.17, 15) is 8.42 Å². The van der Waals surface area contributed by atoms with Crippen LogP contribution in [0.25, 0.3) is 0 Å². The van der Waals surface area contributed by atoms with Crippen molar-refractivity contribution in [2.24, 2.45) is 5.73 Å². The monoisotopic (exact) mass is 291 g/mol. The van der Waals surface area contributed by atoms with Crippen LogP contribution in [0, 0.1) is 0 Å². The molecule has 0 aliphatic carbocycles. The van der Waals surface area contributed by atoms with E-state index in [0.717, 1.165) is 26.1 Å². The van der Waals surface area contributed by atoms with E-state index in [0.29, 0.717) is 12.5 Å². The van der Waals surface area contributed by atoms with Crippen molar-refractivity contribution < 1.29 is 8.42 Å². The number of hydrogen-bond acceptors (Lipinski definition) is 5. The molecule has 0 amide bonds. The molecule has 2 unspecified atom stereocenters. The van der Waals surface area contributed by atoms with Gasteiger partial charge in [-0.25, -0.2) is 8.42 Å². The van der Waals surface area contributed by atoms with Gasteiger partial charge in [-0.1, -0.05) is 6.92 Å². The fourth-order valence-corrected chi connectivity index (χ4v) is 3.54. The van der Waals surface area contributed by atoms with Gasteiger partial charge in [0.2, 0.25) is 0 Å². The zero-order valence-corrected chi connectivity index (χ0v) is 13.3. The Morgan fingerprint density at radius 1 is 1.32 bits per heavy atom. The van der Waals surface area contributed by atoms with Crippen LogP contribution in [0.1, 0.15) is 26.2 Å². The molecule has 1 rings (SSSR count). The summed E-state index contributed by atoms with van der Waals surface area (Å²) < 4.78 is 22.9. The SMILES string of the molecule is CCS(=O)(=O)CCCC(N)C1CN(C)CCCN1C. The number of nitrogens with two attached hydrogens (primary N) is 1. The van der Waals surface area contributed by atoms with Gasteiger partial charge >= 0.3 is 0 Å². The summed E-state index contributed by atoms with van der Waals surface area (Å²) in [5, 5.41) is 0. The molecule has 19 heavy (non-hydrogen) atoms. The number of hydrogen-bond donors (Lipinski definition) is 1. The van der Waals surface area contributed by atoms with E-state index in [2.05, 4.69) is 23.9 Å². The summed E-state index contributed by atoms with van der Waals surface area (Å²) >= 11 is 0. The zero-order chi connectivity index (χ0) is 14.5. The van der Waals surface area contributed by atoms with Crippen molar-refractivity contribution in [1.29, 1.82) is 0 Å². The van der Waals surface area contributed by atoms with Gasteiger partial charge in [-0.15, -0.1) is 0 Å². The number of rotatable bonds is 6. The second-order valence-corrected chi connectivity index (χ2v) is 8.18. The quantitative estimate of drug-likeness (QED) is 0.755. The fraction of sp³-hybridized carbons (Fsp3) is 1.00. The highest BCUT2D eigenvalue weighted by Crippen LogP contribution is 2.13. The second-order valence-electron chi connectivity index (χ2n) is 5.71. The second kappa shape index (κ2) is 7.57. The lowest BCUT2D eigenvalue weighted by atomic mass is 10.0. The average Bonchev–Trinajstić information content (AvgIpc) is 2.51. The molecule has 0 spiro atoms. The molecule has 0 radical (unpaired) electrons. The molecule has 2 atom stereocenters.